The summed E-state index contributed by atoms with van der Waals surface area (Å²) in [6.07, 6.45) is 0. The summed E-state index contributed by atoms with van der Waals surface area (Å²) in [6.45, 7) is 2.46. The van der Waals surface area contributed by atoms with E-state index in [9.17, 15) is 10.1 Å². The van der Waals surface area contributed by atoms with Crippen molar-refractivity contribution in [1.82, 2.24) is 0 Å². The van der Waals surface area contributed by atoms with Crippen molar-refractivity contribution in [2.75, 3.05) is 26.1 Å². The summed E-state index contributed by atoms with van der Waals surface area (Å²) in [6, 6.07) is 4.83. The highest BCUT2D eigenvalue weighted by atomic mass is 16.6. The van der Waals surface area contributed by atoms with Gasteiger partial charge in [0.15, 0.2) is 5.75 Å². The average molecular weight is 240 g/mol. The molecule has 1 atom stereocenters. The van der Waals surface area contributed by atoms with Crippen LogP contribution in [0.1, 0.15) is 6.92 Å². The van der Waals surface area contributed by atoms with E-state index in [-0.39, 0.29) is 17.5 Å². The first-order valence-electron chi connectivity index (χ1n) is 5.16. The Morgan fingerprint density at radius 1 is 1.47 bits per heavy atom. The molecule has 1 rings (SSSR count). The predicted molar refractivity (Wildman–Crippen MR) is 64.6 cm³/mol. The molecule has 0 aliphatic carbocycles. The number of nitrogens with zero attached hydrogens (tertiary/aromatic N) is 1. The predicted octanol–water partition coefficient (Wildman–Crippen LogP) is 2.05. The number of nitrogens with one attached hydrogen (secondary N) is 1. The van der Waals surface area contributed by atoms with Crippen LogP contribution in [0.3, 0.4) is 0 Å². The lowest BCUT2D eigenvalue weighted by molar-refractivity contribution is -0.385. The molecule has 0 saturated carbocycles. The first kappa shape index (κ1) is 13.2. The summed E-state index contributed by atoms with van der Waals surface area (Å²) >= 11 is 0. The standard InChI is InChI=1S/C11H16N2O4/c1-8(7-16-2)12-9-4-5-11(17-3)10(6-9)13(14)15/h4-6,8,12H,7H2,1-3H3. The van der Waals surface area contributed by atoms with Crippen LogP contribution in [0.4, 0.5) is 11.4 Å². The highest BCUT2D eigenvalue weighted by Gasteiger charge is 2.15. The van der Waals surface area contributed by atoms with Gasteiger partial charge >= 0.3 is 5.69 Å². The lowest BCUT2D eigenvalue weighted by Gasteiger charge is -2.14. The number of anilines is 1. The Morgan fingerprint density at radius 2 is 2.18 bits per heavy atom. The van der Waals surface area contributed by atoms with Crippen molar-refractivity contribution < 1.29 is 14.4 Å². The van der Waals surface area contributed by atoms with Gasteiger partial charge in [0.25, 0.3) is 0 Å². The third kappa shape index (κ3) is 3.60. The van der Waals surface area contributed by atoms with Crippen molar-refractivity contribution in [1.29, 1.82) is 0 Å². The number of ether oxygens (including phenoxy) is 2. The summed E-state index contributed by atoms with van der Waals surface area (Å²) in [4.78, 5) is 10.4. The fraction of sp³-hybridized carbons (Fsp3) is 0.455. The molecule has 6 heteroatoms. The van der Waals surface area contributed by atoms with Crippen LogP contribution in [-0.4, -0.2) is 31.8 Å². The molecule has 6 nitrogen and oxygen atoms in total. The van der Waals surface area contributed by atoms with Crippen LogP contribution in [0.2, 0.25) is 0 Å². The van der Waals surface area contributed by atoms with E-state index in [0.29, 0.717) is 12.3 Å². The van der Waals surface area contributed by atoms with Crippen LogP contribution in [-0.2, 0) is 4.74 Å². The zero-order chi connectivity index (χ0) is 12.8. The maximum atomic E-state index is 10.8. The van der Waals surface area contributed by atoms with Crippen LogP contribution in [0.15, 0.2) is 18.2 Å². The second-order valence-electron chi connectivity index (χ2n) is 3.64. The minimum Gasteiger partial charge on any atom is -0.490 e. The Bertz CT molecular complexity index is 395. The van der Waals surface area contributed by atoms with Crippen LogP contribution < -0.4 is 10.1 Å². The third-order valence-corrected chi connectivity index (χ3v) is 2.21. The van der Waals surface area contributed by atoms with E-state index in [2.05, 4.69) is 5.32 Å². The molecule has 0 amide bonds. The van der Waals surface area contributed by atoms with Gasteiger partial charge in [-0.1, -0.05) is 0 Å². The topological polar surface area (TPSA) is 73.6 Å². The average Bonchev–Trinajstić information content (AvgIpc) is 2.29. The lowest BCUT2D eigenvalue weighted by atomic mass is 10.2. The van der Waals surface area contributed by atoms with E-state index in [1.165, 1.54) is 13.2 Å². The van der Waals surface area contributed by atoms with Gasteiger partial charge in [0.1, 0.15) is 0 Å². The Hall–Kier alpha value is -1.82. The Labute approximate surface area is 99.7 Å². The van der Waals surface area contributed by atoms with E-state index in [1.54, 1.807) is 19.2 Å². The van der Waals surface area contributed by atoms with E-state index >= 15 is 0 Å². The molecule has 0 fully saturated rings. The SMILES string of the molecule is COCC(C)Nc1ccc(OC)c([N+](=O)[O-])c1. The van der Waals surface area contributed by atoms with Gasteiger partial charge in [-0.15, -0.1) is 0 Å². The summed E-state index contributed by atoms with van der Waals surface area (Å²) in [7, 11) is 3.01. The molecule has 1 aromatic rings. The minimum atomic E-state index is -0.467. The monoisotopic (exact) mass is 240 g/mol. The number of hydrogen-bond acceptors (Lipinski definition) is 5. The molecule has 0 radical (unpaired) electrons. The molecule has 0 aromatic heterocycles. The fourth-order valence-electron chi connectivity index (χ4n) is 1.50. The Kier molecular flexibility index (Phi) is 4.71. The highest BCUT2D eigenvalue weighted by Crippen LogP contribution is 2.29. The quantitative estimate of drug-likeness (QED) is 0.608. The maximum absolute atomic E-state index is 10.8. The van der Waals surface area contributed by atoms with Gasteiger partial charge in [0, 0.05) is 24.9 Å². The minimum absolute atomic E-state index is 0.0536. The summed E-state index contributed by atoms with van der Waals surface area (Å²) < 4.78 is 9.90. The molecular weight excluding hydrogens is 224 g/mol. The van der Waals surface area contributed by atoms with Crippen molar-refractivity contribution in [2.24, 2.45) is 0 Å². The summed E-state index contributed by atoms with van der Waals surface area (Å²) in [5, 5.41) is 13.9. The second-order valence-corrected chi connectivity index (χ2v) is 3.64. The number of methoxy groups -OCH3 is 2. The molecule has 1 N–H and O–H groups in total. The van der Waals surface area contributed by atoms with E-state index < -0.39 is 4.92 Å². The highest BCUT2D eigenvalue weighted by molar-refractivity contribution is 5.58. The fourth-order valence-corrected chi connectivity index (χ4v) is 1.50. The number of nitro benzene ring substituents is 1. The van der Waals surface area contributed by atoms with Gasteiger partial charge in [0.2, 0.25) is 0 Å². The first-order chi connectivity index (χ1) is 8.08. The first-order valence-corrected chi connectivity index (χ1v) is 5.16. The van der Waals surface area contributed by atoms with Crippen LogP contribution in [0.5, 0.6) is 5.75 Å². The normalized spacial score (nSPS) is 11.9. The molecule has 0 aliphatic rings. The van der Waals surface area contributed by atoms with Gasteiger partial charge < -0.3 is 14.8 Å². The molecule has 0 heterocycles. The number of rotatable bonds is 6. The van der Waals surface area contributed by atoms with Crippen molar-refractivity contribution in [3.05, 3.63) is 28.3 Å². The molecule has 1 unspecified atom stereocenters. The van der Waals surface area contributed by atoms with Gasteiger partial charge in [0.05, 0.1) is 18.6 Å². The van der Waals surface area contributed by atoms with Crippen molar-refractivity contribution in [2.45, 2.75) is 13.0 Å². The van der Waals surface area contributed by atoms with Gasteiger partial charge in [-0.3, -0.25) is 10.1 Å². The molecule has 94 valence electrons. The molecule has 1 aromatic carbocycles. The van der Waals surface area contributed by atoms with Crippen molar-refractivity contribution >= 4 is 11.4 Å². The molecular formula is C11H16N2O4. The summed E-state index contributed by atoms with van der Waals surface area (Å²) in [5.41, 5.74) is 0.615. The van der Waals surface area contributed by atoms with Crippen molar-refractivity contribution in [3.63, 3.8) is 0 Å². The Morgan fingerprint density at radius 3 is 2.71 bits per heavy atom. The largest absolute Gasteiger partial charge is 0.490 e. The molecule has 17 heavy (non-hydrogen) atoms. The van der Waals surface area contributed by atoms with Gasteiger partial charge in [-0.25, -0.2) is 0 Å². The summed E-state index contributed by atoms with van der Waals surface area (Å²) in [5.74, 6) is 0.250. The number of benzene rings is 1. The third-order valence-electron chi connectivity index (χ3n) is 2.21. The van der Waals surface area contributed by atoms with Crippen LogP contribution in [0, 0.1) is 10.1 Å². The number of hydrogen-bond donors (Lipinski definition) is 1. The maximum Gasteiger partial charge on any atom is 0.312 e. The zero-order valence-electron chi connectivity index (χ0n) is 10.1. The molecule has 0 spiro atoms. The lowest BCUT2D eigenvalue weighted by Crippen LogP contribution is -2.20. The smallest absolute Gasteiger partial charge is 0.312 e. The van der Waals surface area contributed by atoms with Crippen molar-refractivity contribution in [3.8, 4) is 5.75 Å². The van der Waals surface area contributed by atoms with E-state index in [4.69, 9.17) is 9.47 Å². The molecule has 0 bridgehead atoms. The molecule has 0 saturated heterocycles. The van der Waals surface area contributed by atoms with E-state index in [0.717, 1.165) is 0 Å². The van der Waals surface area contributed by atoms with Gasteiger partial charge in [-0.05, 0) is 19.1 Å². The van der Waals surface area contributed by atoms with Crippen LogP contribution in [0.25, 0.3) is 0 Å². The zero-order valence-corrected chi connectivity index (χ0v) is 10.1. The van der Waals surface area contributed by atoms with E-state index in [1.807, 2.05) is 6.92 Å². The van der Waals surface area contributed by atoms with Crippen LogP contribution >= 0.6 is 0 Å². The number of nitro groups is 1. The molecule has 0 aliphatic heterocycles. The Balaban J connectivity index is 2.88. The van der Waals surface area contributed by atoms with Gasteiger partial charge in [-0.2, -0.15) is 0 Å². The second kappa shape index (κ2) is 6.05.